The van der Waals surface area contributed by atoms with Crippen LogP contribution in [0.1, 0.15) is 32.8 Å². The number of rotatable bonds is 9. The minimum Gasteiger partial charge on any atom is -0.385 e. The van der Waals surface area contributed by atoms with Crippen LogP contribution < -0.4 is 10.6 Å². The highest BCUT2D eigenvalue weighted by Crippen LogP contribution is 2.07. The summed E-state index contributed by atoms with van der Waals surface area (Å²) in [7, 11) is 1.60. The van der Waals surface area contributed by atoms with Gasteiger partial charge < -0.3 is 15.4 Å². The molecule has 0 spiro atoms. The molecule has 1 aromatic carbocycles. The highest BCUT2D eigenvalue weighted by molar-refractivity contribution is 5.98. The Bertz CT molecular complexity index is 752. The minimum atomic E-state index is -0.407. The summed E-state index contributed by atoms with van der Waals surface area (Å²) in [5.41, 5.74) is 1.03. The molecule has 0 aliphatic carbocycles. The van der Waals surface area contributed by atoms with Crippen molar-refractivity contribution in [3.63, 3.8) is 0 Å². The average molecular weight is 359 g/mol. The lowest BCUT2D eigenvalue weighted by molar-refractivity contribution is 0.0948. The van der Waals surface area contributed by atoms with Crippen molar-refractivity contribution in [3.05, 3.63) is 65.2 Å². The van der Waals surface area contributed by atoms with E-state index in [9.17, 15) is 14.0 Å². The molecule has 26 heavy (non-hydrogen) atoms. The number of hydrogen-bond acceptors (Lipinski definition) is 4. The summed E-state index contributed by atoms with van der Waals surface area (Å²) in [5.74, 6) is -0.980. The van der Waals surface area contributed by atoms with Gasteiger partial charge in [-0.25, -0.2) is 4.39 Å². The van der Waals surface area contributed by atoms with Gasteiger partial charge in [-0.3, -0.25) is 14.6 Å². The fraction of sp³-hybridized carbons (Fsp3) is 0.316. The Morgan fingerprint density at radius 1 is 1.12 bits per heavy atom. The normalized spacial score (nSPS) is 10.4. The van der Waals surface area contributed by atoms with Gasteiger partial charge in [-0.15, -0.1) is 0 Å². The Balaban J connectivity index is 1.87. The maximum absolute atomic E-state index is 13.6. The number of pyridine rings is 1. The van der Waals surface area contributed by atoms with Gasteiger partial charge >= 0.3 is 0 Å². The smallest absolute Gasteiger partial charge is 0.269 e. The highest BCUT2D eigenvalue weighted by atomic mass is 19.1. The van der Waals surface area contributed by atoms with E-state index >= 15 is 0 Å². The molecule has 2 aromatic rings. The molecule has 0 atom stereocenters. The summed E-state index contributed by atoms with van der Waals surface area (Å²) in [4.78, 5) is 28.2. The zero-order valence-electron chi connectivity index (χ0n) is 14.6. The third-order valence-corrected chi connectivity index (χ3v) is 3.70. The molecule has 1 heterocycles. The van der Waals surface area contributed by atoms with Gasteiger partial charge in [0, 0.05) is 38.6 Å². The molecule has 2 rings (SSSR count). The van der Waals surface area contributed by atoms with E-state index in [0.29, 0.717) is 37.1 Å². The van der Waals surface area contributed by atoms with Gasteiger partial charge in [0.2, 0.25) is 0 Å². The van der Waals surface area contributed by atoms with Crippen LogP contribution >= 0.6 is 0 Å². The van der Waals surface area contributed by atoms with Crippen molar-refractivity contribution in [2.45, 2.75) is 12.8 Å². The summed E-state index contributed by atoms with van der Waals surface area (Å²) >= 11 is 0. The Morgan fingerprint density at radius 2 is 1.88 bits per heavy atom. The standard InChI is InChI=1S/C19H22FN3O3/c1-26-12-4-9-22-18(24)15-8-10-21-17(13-15)19(25)23-11-7-14-5-2-3-6-16(14)20/h2-3,5-6,8,10,13H,4,7,9,11-12H2,1H3,(H,22,24)(H,23,25). The van der Waals surface area contributed by atoms with E-state index < -0.39 is 5.91 Å². The number of halogens is 1. The minimum absolute atomic E-state index is 0.142. The van der Waals surface area contributed by atoms with Crippen LogP contribution in [0.3, 0.4) is 0 Å². The van der Waals surface area contributed by atoms with Crippen molar-refractivity contribution < 1.29 is 18.7 Å². The van der Waals surface area contributed by atoms with Crippen molar-refractivity contribution in [2.75, 3.05) is 26.8 Å². The molecule has 0 aliphatic heterocycles. The van der Waals surface area contributed by atoms with E-state index in [1.807, 2.05) is 0 Å². The second-order valence-corrected chi connectivity index (χ2v) is 5.63. The van der Waals surface area contributed by atoms with Crippen LogP contribution in [0, 0.1) is 5.82 Å². The van der Waals surface area contributed by atoms with Crippen LogP contribution in [0.15, 0.2) is 42.6 Å². The van der Waals surface area contributed by atoms with E-state index in [-0.39, 0.29) is 24.0 Å². The zero-order chi connectivity index (χ0) is 18.8. The number of carbonyl (C=O) groups excluding carboxylic acids is 2. The van der Waals surface area contributed by atoms with E-state index in [1.165, 1.54) is 18.3 Å². The number of amides is 2. The average Bonchev–Trinajstić information content (AvgIpc) is 2.66. The second-order valence-electron chi connectivity index (χ2n) is 5.63. The summed E-state index contributed by atoms with van der Waals surface area (Å²) in [5, 5.41) is 5.44. The largest absolute Gasteiger partial charge is 0.385 e. The number of nitrogens with zero attached hydrogens (tertiary/aromatic N) is 1. The lowest BCUT2D eigenvalue weighted by atomic mass is 10.1. The fourth-order valence-electron chi connectivity index (χ4n) is 2.32. The molecule has 1 aromatic heterocycles. The number of nitrogens with one attached hydrogen (secondary N) is 2. The third-order valence-electron chi connectivity index (χ3n) is 3.70. The number of aromatic nitrogens is 1. The first-order chi connectivity index (χ1) is 12.6. The maximum Gasteiger partial charge on any atom is 0.269 e. The molecule has 2 amide bonds. The number of carbonyl (C=O) groups is 2. The molecule has 0 unspecified atom stereocenters. The van der Waals surface area contributed by atoms with Gasteiger partial charge in [0.1, 0.15) is 11.5 Å². The van der Waals surface area contributed by atoms with Crippen LogP contribution in [-0.4, -0.2) is 43.6 Å². The monoisotopic (exact) mass is 359 g/mol. The SMILES string of the molecule is COCCCNC(=O)c1ccnc(C(=O)NCCc2ccccc2F)c1. The van der Waals surface area contributed by atoms with Crippen molar-refractivity contribution in [3.8, 4) is 0 Å². The molecule has 0 radical (unpaired) electrons. The lowest BCUT2D eigenvalue weighted by Crippen LogP contribution is -2.28. The van der Waals surface area contributed by atoms with Gasteiger partial charge in [-0.2, -0.15) is 0 Å². The number of methoxy groups -OCH3 is 1. The predicted octanol–water partition coefficient (Wildman–Crippen LogP) is 1.96. The molecule has 138 valence electrons. The Morgan fingerprint density at radius 3 is 2.65 bits per heavy atom. The number of ether oxygens (including phenoxy) is 1. The van der Waals surface area contributed by atoms with Gasteiger partial charge in [0.05, 0.1) is 0 Å². The van der Waals surface area contributed by atoms with Crippen molar-refractivity contribution in [1.29, 1.82) is 0 Å². The summed E-state index contributed by atoms with van der Waals surface area (Å²) in [6, 6.07) is 9.40. The molecule has 0 fully saturated rings. The molecule has 7 heteroatoms. The topological polar surface area (TPSA) is 80.3 Å². The molecule has 0 aliphatic rings. The van der Waals surface area contributed by atoms with Crippen LogP contribution in [0.2, 0.25) is 0 Å². The van der Waals surface area contributed by atoms with Crippen LogP contribution in [0.5, 0.6) is 0 Å². The van der Waals surface area contributed by atoms with Crippen LogP contribution in [0.25, 0.3) is 0 Å². The molecule has 0 bridgehead atoms. The van der Waals surface area contributed by atoms with Crippen LogP contribution in [-0.2, 0) is 11.2 Å². The Labute approximate surface area is 151 Å². The van der Waals surface area contributed by atoms with Crippen molar-refractivity contribution >= 4 is 11.8 Å². The van der Waals surface area contributed by atoms with Gasteiger partial charge in [-0.05, 0) is 36.6 Å². The quantitative estimate of drug-likeness (QED) is 0.671. The van der Waals surface area contributed by atoms with Gasteiger partial charge in [-0.1, -0.05) is 18.2 Å². The molecule has 0 saturated heterocycles. The zero-order valence-corrected chi connectivity index (χ0v) is 14.6. The van der Waals surface area contributed by atoms with Crippen molar-refractivity contribution in [1.82, 2.24) is 15.6 Å². The fourth-order valence-corrected chi connectivity index (χ4v) is 2.32. The Kier molecular flexibility index (Phi) is 7.70. The van der Waals surface area contributed by atoms with E-state index in [1.54, 1.807) is 31.4 Å². The number of hydrogen-bond donors (Lipinski definition) is 2. The first-order valence-electron chi connectivity index (χ1n) is 8.36. The molecule has 0 saturated carbocycles. The second kappa shape index (κ2) is 10.2. The van der Waals surface area contributed by atoms with E-state index in [4.69, 9.17) is 4.74 Å². The number of benzene rings is 1. The first kappa shape index (κ1) is 19.5. The van der Waals surface area contributed by atoms with Gasteiger partial charge in [0.25, 0.3) is 11.8 Å². The summed E-state index contributed by atoms with van der Waals surface area (Å²) in [6.07, 6.45) is 2.49. The Hall–Kier alpha value is -2.80. The highest BCUT2D eigenvalue weighted by Gasteiger charge is 2.11. The molecular weight excluding hydrogens is 337 g/mol. The van der Waals surface area contributed by atoms with E-state index in [0.717, 1.165) is 0 Å². The summed E-state index contributed by atoms with van der Waals surface area (Å²) in [6.45, 7) is 1.32. The van der Waals surface area contributed by atoms with Gasteiger partial charge in [0.15, 0.2) is 0 Å². The van der Waals surface area contributed by atoms with Crippen molar-refractivity contribution in [2.24, 2.45) is 0 Å². The first-order valence-corrected chi connectivity index (χ1v) is 8.36. The van der Waals surface area contributed by atoms with Crippen LogP contribution in [0.4, 0.5) is 4.39 Å². The molecule has 2 N–H and O–H groups in total. The third kappa shape index (κ3) is 5.93. The lowest BCUT2D eigenvalue weighted by Gasteiger charge is -2.08. The summed E-state index contributed by atoms with van der Waals surface area (Å²) < 4.78 is 18.5. The maximum atomic E-state index is 13.6. The predicted molar refractivity (Wildman–Crippen MR) is 95.5 cm³/mol. The van der Waals surface area contributed by atoms with E-state index in [2.05, 4.69) is 15.6 Å². The molecular formula is C19H22FN3O3. The molecule has 6 nitrogen and oxygen atoms in total.